The van der Waals surface area contributed by atoms with E-state index < -0.39 is 5.91 Å². The number of thioether (sulfide) groups is 1. The van der Waals surface area contributed by atoms with E-state index in [9.17, 15) is 14.0 Å². The van der Waals surface area contributed by atoms with Crippen LogP contribution in [0.15, 0.2) is 65.6 Å². The van der Waals surface area contributed by atoms with Crippen molar-refractivity contribution in [2.75, 3.05) is 7.11 Å². The standard InChI is InChI=1S/C25H18Cl2FNO4S/c1-32-21-11-17(10-20(27)23(21)33-14-16-3-2-4-19(28)9-16)12-22-24(30)29(25(31)34-22)13-15-5-7-18(26)8-6-15/h2-12H,13-14H2,1H3/b22-12-. The van der Waals surface area contributed by atoms with Crippen molar-refractivity contribution in [1.82, 2.24) is 4.90 Å². The molecule has 9 heteroatoms. The van der Waals surface area contributed by atoms with Crippen molar-refractivity contribution in [2.24, 2.45) is 0 Å². The second kappa shape index (κ2) is 10.5. The van der Waals surface area contributed by atoms with Crippen molar-refractivity contribution >= 4 is 52.2 Å². The first kappa shape index (κ1) is 24.1. The SMILES string of the molecule is COc1cc(/C=C2\SC(=O)N(Cc3ccc(Cl)cc3)C2=O)cc(Cl)c1OCc1cccc(F)c1. The number of amides is 2. The average Bonchev–Trinajstić information content (AvgIpc) is 3.06. The van der Waals surface area contributed by atoms with E-state index in [0.29, 0.717) is 27.6 Å². The Morgan fingerprint density at radius 2 is 1.79 bits per heavy atom. The third-order valence-corrected chi connectivity index (χ3v) is 6.39. The third kappa shape index (κ3) is 5.55. The van der Waals surface area contributed by atoms with E-state index in [1.54, 1.807) is 54.6 Å². The lowest BCUT2D eigenvalue weighted by Gasteiger charge is -2.14. The maximum atomic E-state index is 13.4. The number of carbonyl (C=O) groups excluding carboxylic acids is 2. The summed E-state index contributed by atoms with van der Waals surface area (Å²) in [5.74, 6) is -0.122. The predicted octanol–water partition coefficient (Wildman–Crippen LogP) is 6.96. The van der Waals surface area contributed by atoms with Gasteiger partial charge in [-0.1, -0.05) is 47.5 Å². The molecule has 0 saturated carbocycles. The number of rotatable bonds is 7. The molecule has 0 aromatic heterocycles. The quantitative estimate of drug-likeness (QED) is 0.317. The lowest BCUT2D eigenvalue weighted by Crippen LogP contribution is -2.27. The van der Waals surface area contributed by atoms with E-state index in [1.807, 2.05) is 0 Å². The summed E-state index contributed by atoms with van der Waals surface area (Å²) < 4.78 is 24.6. The summed E-state index contributed by atoms with van der Waals surface area (Å²) in [7, 11) is 1.46. The molecule has 2 amide bonds. The van der Waals surface area contributed by atoms with Gasteiger partial charge in [0.05, 0.1) is 23.6 Å². The molecule has 0 radical (unpaired) electrons. The van der Waals surface area contributed by atoms with Crippen LogP contribution in [0.5, 0.6) is 11.5 Å². The van der Waals surface area contributed by atoms with Gasteiger partial charge in [-0.3, -0.25) is 14.5 Å². The number of benzene rings is 3. The Morgan fingerprint density at radius 1 is 1.03 bits per heavy atom. The van der Waals surface area contributed by atoms with Crippen LogP contribution in [-0.2, 0) is 17.9 Å². The molecule has 0 bridgehead atoms. The van der Waals surface area contributed by atoms with Gasteiger partial charge in [0.25, 0.3) is 11.1 Å². The number of ether oxygens (including phenoxy) is 2. The van der Waals surface area contributed by atoms with Gasteiger partial charge < -0.3 is 9.47 Å². The highest BCUT2D eigenvalue weighted by molar-refractivity contribution is 8.18. The smallest absolute Gasteiger partial charge is 0.293 e. The molecule has 1 aliphatic rings. The molecule has 0 spiro atoms. The highest BCUT2D eigenvalue weighted by Gasteiger charge is 2.35. The van der Waals surface area contributed by atoms with E-state index in [2.05, 4.69) is 0 Å². The van der Waals surface area contributed by atoms with E-state index in [1.165, 1.54) is 24.1 Å². The normalized spacial score (nSPS) is 14.7. The van der Waals surface area contributed by atoms with Crippen LogP contribution in [0.25, 0.3) is 6.08 Å². The van der Waals surface area contributed by atoms with Gasteiger partial charge in [-0.15, -0.1) is 0 Å². The Hall–Kier alpha value is -3.00. The maximum absolute atomic E-state index is 13.4. The van der Waals surface area contributed by atoms with Crippen LogP contribution in [0.2, 0.25) is 10.0 Å². The Bertz CT molecular complexity index is 1280. The minimum absolute atomic E-state index is 0.0940. The molecule has 3 aromatic rings. The van der Waals surface area contributed by atoms with E-state index >= 15 is 0 Å². The van der Waals surface area contributed by atoms with Gasteiger partial charge in [0.2, 0.25) is 0 Å². The Kier molecular flexibility index (Phi) is 7.46. The number of hydrogen-bond acceptors (Lipinski definition) is 5. The van der Waals surface area contributed by atoms with Crippen molar-refractivity contribution in [3.8, 4) is 11.5 Å². The molecule has 34 heavy (non-hydrogen) atoms. The monoisotopic (exact) mass is 517 g/mol. The van der Waals surface area contributed by atoms with Crippen LogP contribution in [-0.4, -0.2) is 23.2 Å². The number of hydrogen-bond donors (Lipinski definition) is 0. The first-order chi connectivity index (χ1) is 16.3. The predicted molar refractivity (Wildman–Crippen MR) is 132 cm³/mol. The lowest BCUT2D eigenvalue weighted by atomic mass is 10.1. The van der Waals surface area contributed by atoms with Gasteiger partial charge in [0, 0.05) is 5.02 Å². The van der Waals surface area contributed by atoms with E-state index in [-0.39, 0.29) is 34.1 Å². The molecule has 0 atom stereocenters. The van der Waals surface area contributed by atoms with Crippen LogP contribution >= 0.6 is 35.0 Å². The summed E-state index contributed by atoms with van der Waals surface area (Å²) in [5, 5.41) is 0.466. The molecule has 3 aromatic carbocycles. The topological polar surface area (TPSA) is 55.8 Å². The summed E-state index contributed by atoms with van der Waals surface area (Å²) in [5.41, 5.74) is 1.99. The summed E-state index contributed by atoms with van der Waals surface area (Å²) in [6, 6.07) is 16.3. The van der Waals surface area contributed by atoms with Crippen LogP contribution < -0.4 is 9.47 Å². The van der Waals surface area contributed by atoms with Gasteiger partial charge in [-0.25, -0.2) is 4.39 Å². The van der Waals surface area contributed by atoms with Crippen LogP contribution in [0, 0.1) is 5.82 Å². The lowest BCUT2D eigenvalue weighted by molar-refractivity contribution is -0.123. The average molecular weight is 518 g/mol. The largest absolute Gasteiger partial charge is 0.493 e. The zero-order valence-corrected chi connectivity index (χ0v) is 20.2. The van der Waals surface area contributed by atoms with Gasteiger partial charge in [0.1, 0.15) is 12.4 Å². The van der Waals surface area contributed by atoms with Gasteiger partial charge in [-0.05, 0) is 70.9 Å². The third-order valence-electron chi connectivity index (χ3n) is 4.95. The molecule has 0 aliphatic carbocycles. The van der Waals surface area contributed by atoms with E-state index in [4.69, 9.17) is 32.7 Å². The first-order valence-corrected chi connectivity index (χ1v) is 11.7. The minimum Gasteiger partial charge on any atom is -0.493 e. The van der Waals surface area contributed by atoms with Crippen molar-refractivity contribution in [2.45, 2.75) is 13.2 Å². The Labute approximate surface area is 210 Å². The molecule has 174 valence electrons. The van der Waals surface area contributed by atoms with Gasteiger partial charge in [-0.2, -0.15) is 0 Å². The highest BCUT2D eigenvalue weighted by Crippen LogP contribution is 2.39. The number of halogens is 3. The fourth-order valence-corrected chi connectivity index (χ4v) is 4.54. The minimum atomic E-state index is -0.397. The van der Waals surface area contributed by atoms with Crippen molar-refractivity contribution in [3.05, 3.63) is 98.1 Å². The molecule has 5 nitrogen and oxygen atoms in total. The second-order valence-electron chi connectivity index (χ2n) is 7.35. The summed E-state index contributed by atoms with van der Waals surface area (Å²) in [6.45, 7) is 0.243. The number of methoxy groups -OCH3 is 1. The van der Waals surface area contributed by atoms with Crippen molar-refractivity contribution in [3.63, 3.8) is 0 Å². The Balaban J connectivity index is 1.53. The van der Waals surface area contributed by atoms with Crippen LogP contribution in [0.1, 0.15) is 16.7 Å². The molecular formula is C25H18Cl2FNO4S. The zero-order valence-electron chi connectivity index (χ0n) is 17.9. The zero-order chi connectivity index (χ0) is 24.2. The molecule has 0 N–H and O–H groups in total. The second-order valence-corrected chi connectivity index (χ2v) is 9.18. The number of carbonyl (C=O) groups is 2. The Morgan fingerprint density at radius 3 is 2.50 bits per heavy atom. The summed E-state index contributed by atoms with van der Waals surface area (Å²) >= 11 is 13.2. The number of nitrogens with zero attached hydrogens (tertiary/aromatic N) is 1. The van der Waals surface area contributed by atoms with Gasteiger partial charge >= 0.3 is 0 Å². The van der Waals surface area contributed by atoms with Crippen molar-refractivity contribution in [1.29, 1.82) is 0 Å². The fraction of sp³-hybridized carbons (Fsp3) is 0.120. The highest BCUT2D eigenvalue weighted by atomic mass is 35.5. The molecule has 1 aliphatic heterocycles. The fourth-order valence-electron chi connectivity index (χ4n) is 3.31. The molecule has 0 unspecified atom stereocenters. The summed E-state index contributed by atoms with van der Waals surface area (Å²) in [4.78, 5) is 26.7. The van der Waals surface area contributed by atoms with Crippen molar-refractivity contribution < 1.29 is 23.5 Å². The molecular weight excluding hydrogens is 500 g/mol. The van der Waals surface area contributed by atoms with Crippen LogP contribution in [0.4, 0.5) is 9.18 Å². The van der Waals surface area contributed by atoms with Crippen LogP contribution in [0.3, 0.4) is 0 Å². The van der Waals surface area contributed by atoms with Gasteiger partial charge in [0.15, 0.2) is 11.5 Å². The number of imide groups is 1. The molecule has 1 saturated heterocycles. The maximum Gasteiger partial charge on any atom is 0.293 e. The summed E-state index contributed by atoms with van der Waals surface area (Å²) in [6.07, 6.45) is 1.58. The first-order valence-electron chi connectivity index (χ1n) is 10.1. The van der Waals surface area contributed by atoms with E-state index in [0.717, 1.165) is 17.3 Å². The molecule has 4 rings (SSSR count). The molecule has 1 heterocycles. The molecule has 1 fully saturated rings.